The van der Waals surface area contributed by atoms with E-state index in [1.165, 1.54) is 30.3 Å². The van der Waals surface area contributed by atoms with E-state index in [1.54, 1.807) is 18.2 Å². The number of hydrogen-bond acceptors (Lipinski definition) is 7. The topological polar surface area (TPSA) is 112 Å². The zero-order chi connectivity index (χ0) is 26.3. The minimum absolute atomic E-state index is 0.233. The van der Waals surface area contributed by atoms with Gasteiger partial charge in [0.2, 0.25) is 0 Å². The van der Waals surface area contributed by atoms with Gasteiger partial charge >= 0.3 is 12.0 Å². The van der Waals surface area contributed by atoms with E-state index in [0.29, 0.717) is 36.0 Å². The predicted molar refractivity (Wildman–Crippen MR) is 131 cm³/mol. The predicted octanol–water partition coefficient (Wildman–Crippen LogP) is 3.72. The molecule has 9 nitrogen and oxygen atoms in total. The Morgan fingerprint density at radius 2 is 1.69 bits per heavy atom. The third-order valence-electron chi connectivity index (χ3n) is 4.37. The molecule has 2 N–H and O–H groups in total. The molecule has 2 aromatic carbocycles. The summed E-state index contributed by atoms with van der Waals surface area (Å²) in [7, 11) is 0. The molecule has 0 spiro atoms. The number of carbonyl (C=O) groups is 3. The normalized spacial score (nSPS) is 10.7. The van der Waals surface area contributed by atoms with Crippen LogP contribution in [0.4, 0.5) is 9.18 Å². The fourth-order valence-electron chi connectivity index (χ4n) is 2.71. The van der Waals surface area contributed by atoms with E-state index in [1.807, 2.05) is 20.8 Å². The van der Waals surface area contributed by atoms with Crippen molar-refractivity contribution in [3.8, 4) is 17.2 Å². The summed E-state index contributed by atoms with van der Waals surface area (Å²) in [5, 5.41) is 4.61. The van der Waals surface area contributed by atoms with E-state index in [4.69, 9.17) is 18.9 Å². The van der Waals surface area contributed by atoms with Gasteiger partial charge in [-0.3, -0.25) is 10.1 Å². The number of benzene rings is 2. The van der Waals surface area contributed by atoms with Crippen molar-refractivity contribution in [3.63, 3.8) is 0 Å². The minimum atomic E-state index is -0.746. The first-order valence-corrected chi connectivity index (χ1v) is 11.5. The average molecular weight is 503 g/mol. The Morgan fingerprint density at radius 3 is 2.39 bits per heavy atom. The van der Waals surface area contributed by atoms with Gasteiger partial charge in [0, 0.05) is 12.6 Å². The van der Waals surface area contributed by atoms with Gasteiger partial charge in [0.1, 0.15) is 24.8 Å². The SMILES string of the molecule is CCOc1cc(/C=C/C(=O)OCC(=O)NC(=O)NCC(C)C)ccc1OCCOc1ccc(F)cc1. The first-order chi connectivity index (χ1) is 17.3. The van der Waals surface area contributed by atoms with Crippen molar-refractivity contribution < 1.29 is 37.7 Å². The second kappa shape index (κ2) is 15.0. The van der Waals surface area contributed by atoms with Gasteiger partial charge < -0.3 is 24.3 Å². The highest BCUT2D eigenvalue weighted by molar-refractivity contribution is 5.96. The molecular formula is C26H31FN2O7. The average Bonchev–Trinajstić information content (AvgIpc) is 2.85. The van der Waals surface area contributed by atoms with Crippen molar-refractivity contribution in [1.82, 2.24) is 10.6 Å². The fraction of sp³-hybridized carbons (Fsp3) is 0.346. The highest BCUT2D eigenvalue weighted by atomic mass is 19.1. The molecule has 2 rings (SSSR count). The Labute approximate surface area is 209 Å². The van der Waals surface area contributed by atoms with E-state index in [-0.39, 0.29) is 24.9 Å². The third-order valence-corrected chi connectivity index (χ3v) is 4.37. The Balaban J connectivity index is 1.82. The summed E-state index contributed by atoms with van der Waals surface area (Å²) >= 11 is 0. The number of halogens is 1. The Kier molecular flexibility index (Phi) is 11.8. The summed E-state index contributed by atoms with van der Waals surface area (Å²) in [5.41, 5.74) is 0.642. The fourth-order valence-corrected chi connectivity index (χ4v) is 2.71. The van der Waals surface area contributed by atoms with Crippen LogP contribution >= 0.6 is 0 Å². The first kappa shape index (κ1) is 28.2. The van der Waals surface area contributed by atoms with Crippen LogP contribution in [0.2, 0.25) is 0 Å². The molecule has 0 fully saturated rings. The maximum Gasteiger partial charge on any atom is 0.331 e. The third kappa shape index (κ3) is 10.9. The number of nitrogens with one attached hydrogen (secondary N) is 2. The van der Waals surface area contributed by atoms with Crippen molar-refractivity contribution >= 4 is 24.0 Å². The molecule has 36 heavy (non-hydrogen) atoms. The molecule has 0 saturated carbocycles. The van der Waals surface area contributed by atoms with E-state index in [2.05, 4.69) is 10.6 Å². The van der Waals surface area contributed by atoms with Gasteiger partial charge in [-0.2, -0.15) is 0 Å². The largest absolute Gasteiger partial charge is 0.490 e. The molecule has 0 aromatic heterocycles. The van der Waals surface area contributed by atoms with Crippen molar-refractivity contribution in [1.29, 1.82) is 0 Å². The number of esters is 1. The lowest BCUT2D eigenvalue weighted by atomic mass is 10.2. The van der Waals surface area contributed by atoms with Crippen LogP contribution in [-0.2, 0) is 14.3 Å². The van der Waals surface area contributed by atoms with Crippen LogP contribution < -0.4 is 24.8 Å². The lowest BCUT2D eigenvalue weighted by molar-refractivity contribution is -0.143. The molecule has 0 atom stereocenters. The van der Waals surface area contributed by atoms with E-state index in [0.717, 1.165) is 6.08 Å². The molecule has 0 bridgehead atoms. The van der Waals surface area contributed by atoms with Crippen molar-refractivity contribution in [2.24, 2.45) is 5.92 Å². The molecule has 0 unspecified atom stereocenters. The molecule has 2 aromatic rings. The van der Waals surface area contributed by atoms with Gasteiger partial charge in [0.05, 0.1) is 6.61 Å². The highest BCUT2D eigenvalue weighted by Gasteiger charge is 2.10. The molecule has 3 amide bonds. The molecule has 0 aliphatic rings. The minimum Gasteiger partial charge on any atom is -0.490 e. The maximum atomic E-state index is 12.9. The number of rotatable bonds is 13. The Morgan fingerprint density at radius 1 is 0.972 bits per heavy atom. The van der Waals surface area contributed by atoms with Crippen LogP contribution in [0, 0.1) is 11.7 Å². The molecular weight excluding hydrogens is 471 g/mol. The van der Waals surface area contributed by atoms with Gasteiger partial charge in [-0.05, 0) is 60.9 Å². The van der Waals surface area contributed by atoms with Gasteiger partial charge in [-0.25, -0.2) is 14.0 Å². The zero-order valence-electron chi connectivity index (χ0n) is 20.5. The summed E-state index contributed by atoms with van der Waals surface area (Å²) < 4.78 is 34.6. The molecule has 0 heterocycles. The molecule has 0 aliphatic heterocycles. The van der Waals surface area contributed by atoms with Crippen LogP contribution in [0.3, 0.4) is 0 Å². The summed E-state index contributed by atoms with van der Waals surface area (Å²) in [5.74, 6) is -0.0861. The van der Waals surface area contributed by atoms with Gasteiger partial charge in [-0.15, -0.1) is 0 Å². The molecule has 0 radical (unpaired) electrons. The van der Waals surface area contributed by atoms with Crippen molar-refractivity contribution in [2.75, 3.05) is 33.0 Å². The van der Waals surface area contributed by atoms with Crippen LogP contribution in [0.1, 0.15) is 26.3 Å². The molecule has 0 aliphatic carbocycles. The Bertz CT molecular complexity index is 1040. The van der Waals surface area contributed by atoms with Gasteiger partial charge in [-0.1, -0.05) is 19.9 Å². The van der Waals surface area contributed by atoms with E-state index < -0.39 is 24.5 Å². The Hall–Kier alpha value is -4.08. The monoisotopic (exact) mass is 502 g/mol. The second-order valence-electron chi connectivity index (χ2n) is 7.88. The van der Waals surface area contributed by atoms with Crippen LogP contribution in [0.5, 0.6) is 17.2 Å². The second-order valence-corrected chi connectivity index (χ2v) is 7.88. The number of imide groups is 1. The van der Waals surface area contributed by atoms with Crippen LogP contribution in [0.15, 0.2) is 48.5 Å². The van der Waals surface area contributed by atoms with Gasteiger partial charge in [0.15, 0.2) is 18.1 Å². The van der Waals surface area contributed by atoms with E-state index in [9.17, 15) is 18.8 Å². The van der Waals surface area contributed by atoms with Gasteiger partial charge in [0.25, 0.3) is 5.91 Å². The van der Waals surface area contributed by atoms with E-state index >= 15 is 0 Å². The standard InChI is InChI=1S/C26H31FN2O7/c1-4-33-23-15-19(5-11-22(23)35-14-13-34-21-9-7-20(27)8-10-21)6-12-25(31)36-17-24(30)29-26(32)28-16-18(2)3/h5-12,15,18H,4,13-14,16-17H2,1-3H3,(H2,28,29,30,32)/b12-6+. The van der Waals surface area contributed by atoms with Crippen molar-refractivity contribution in [2.45, 2.75) is 20.8 Å². The number of ether oxygens (including phenoxy) is 4. The summed E-state index contributed by atoms with van der Waals surface area (Å²) in [6, 6.07) is 10.1. The highest BCUT2D eigenvalue weighted by Crippen LogP contribution is 2.29. The summed E-state index contributed by atoms with van der Waals surface area (Å²) in [6.07, 6.45) is 2.66. The first-order valence-electron chi connectivity index (χ1n) is 11.5. The summed E-state index contributed by atoms with van der Waals surface area (Å²) in [4.78, 5) is 35.2. The smallest absolute Gasteiger partial charge is 0.331 e. The van der Waals surface area contributed by atoms with Crippen LogP contribution in [0.25, 0.3) is 6.08 Å². The number of amides is 3. The number of carbonyl (C=O) groups excluding carboxylic acids is 3. The molecule has 10 heteroatoms. The quantitative estimate of drug-likeness (QED) is 0.244. The number of hydrogen-bond donors (Lipinski definition) is 2. The molecule has 194 valence electrons. The lowest BCUT2D eigenvalue weighted by Gasteiger charge is -2.13. The van der Waals surface area contributed by atoms with Crippen LogP contribution in [-0.4, -0.2) is 50.9 Å². The number of urea groups is 1. The lowest BCUT2D eigenvalue weighted by Crippen LogP contribution is -2.42. The summed E-state index contributed by atoms with van der Waals surface area (Å²) in [6.45, 7) is 6.37. The maximum absolute atomic E-state index is 12.9. The molecule has 0 saturated heterocycles. The van der Waals surface area contributed by atoms with Crippen molar-refractivity contribution in [3.05, 3.63) is 59.9 Å². The zero-order valence-corrected chi connectivity index (χ0v) is 20.5.